The SMILES string of the molecule is CC1CCCC(O)(O)O1. The monoisotopic (exact) mass is 132 g/mol. The molecule has 0 aromatic carbocycles. The van der Waals surface area contributed by atoms with Crippen molar-refractivity contribution >= 4 is 0 Å². The Bertz CT molecular complexity index is 100. The number of aliphatic hydroxyl groups is 2. The molecular formula is C6H12O3. The highest BCUT2D eigenvalue weighted by molar-refractivity contribution is 4.64. The van der Waals surface area contributed by atoms with Crippen LogP contribution in [-0.4, -0.2) is 22.3 Å². The van der Waals surface area contributed by atoms with Gasteiger partial charge >= 0.3 is 0 Å². The van der Waals surface area contributed by atoms with E-state index in [2.05, 4.69) is 0 Å². The topological polar surface area (TPSA) is 49.7 Å². The number of hydrogen-bond donors (Lipinski definition) is 2. The second kappa shape index (κ2) is 2.25. The lowest BCUT2D eigenvalue weighted by Crippen LogP contribution is -2.39. The minimum atomic E-state index is -1.85. The first-order valence-electron chi connectivity index (χ1n) is 3.23. The Morgan fingerprint density at radius 2 is 2.22 bits per heavy atom. The number of rotatable bonds is 0. The summed E-state index contributed by atoms with van der Waals surface area (Å²) in [6, 6.07) is 0. The summed E-state index contributed by atoms with van der Waals surface area (Å²) >= 11 is 0. The van der Waals surface area contributed by atoms with Crippen molar-refractivity contribution < 1.29 is 14.9 Å². The van der Waals surface area contributed by atoms with Crippen LogP contribution in [-0.2, 0) is 4.74 Å². The Labute approximate surface area is 54.3 Å². The highest BCUT2D eigenvalue weighted by Gasteiger charge is 2.30. The fourth-order valence-electron chi connectivity index (χ4n) is 1.06. The minimum Gasteiger partial charge on any atom is -0.343 e. The van der Waals surface area contributed by atoms with Crippen LogP contribution in [0.5, 0.6) is 0 Å². The Kier molecular flexibility index (Phi) is 1.75. The summed E-state index contributed by atoms with van der Waals surface area (Å²) in [7, 11) is 0. The van der Waals surface area contributed by atoms with E-state index in [1.807, 2.05) is 6.92 Å². The number of hydrogen-bond acceptors (Lipinski definition) is 3. The van der Waals surface area contributed by atoms with Crippen LogP contribution in [0.4, 0.5) is 0 Å². The van der Waals surface area contributed by atoms with Gasteiger partial charge in [-0.05, 0) is 19.8 Å². The maximum atomic E-state index is 8.88. The Morgan fingerprint density at radius 3 is 2.56 bits per heavy atom. The lowest BCUT2D eigenvalue weighted by molar-refractivity contribution is -0.368. The second-order valence-electron chi connectivity index (χ2n) is 2.56. The van der Waals surface area contributed by atoms with Crippen molar-refractivity contribution in [3.05, 3.63) is 0 Å². The summed E-state index contributed by atoms with van der Waals surface area (Å²) in [6.07, 6.45) is 2.06. The van der Waals surface area contributed by atoms with Gasteiger partial charge in [-0.15, -0.1) is 0 Å². The Morgan fingerprint density at radius 1 is 1.56 bits per heavy atom. The fourth-order valence-corrected chi connectivity index (χ4v) is 1.06. The van der Waals surface area contributed by atoms with E-state index in [0.717, 1.165) is 12.8 Å². The predicted octanol–water partition coefficient (Wildman–Crippen LogP) is 0.214. The molecule has 9 heavy (non-hydrogen) atoms. The zero-order valence-corrected chi connectivity index (χ0v) is 5.50. The van der Waals surface area contributed by atoms with Crippen molar-refractivity contribution in [3.63, 3.8) is 0 Å². The Hall–Kier alpha value is -0.120. The first-order valence-corrected chi connectivity index (χ1v) is 3.23. The minimum absolute atomic E-state index is 0.0197. The van der Waals surface area contributed by atoms with E-state index in [1.165, 1.54) is 0 Å². The third kappa shape index (κ3) is 1.93. The van der Waals surface area contributed by atoms with Crippen LogP contribution in [0.3, 0.4) is 0 Å². The van der Waals surface area contributed by atoms with Gasteiger partial charge in [-0.25, -0.2) is 0 Å². The fraction of sp³-hybridized carbons (Fsp3) is 1.00. The molecule has 1 atom stereocenters. The molecule has 3 heteroatoms. The van der Waals surface area contributed by atoms with Crippen molar-refractivity contribution in [3.8, 4) is 0 Å². The molecule has 0 aromatic heterocycles. The van der Waals surface area contributed by atoms with E-state index >= 15 is 0 Å². The van der Waals surface area contributed by atoms with Crippen LogP contribution in [0, 0.1) is 0 Å². The maximum Gasteiger partial charge on any atom is 0.278 e. The van der Waals surface area contributed by atoms with Crippen LogP contribution in [0.15, 0.2) is 0 Å². The predicted molar refractivity (Wildman–Crippen MR) is 31.6 cm³/mol. The van der Waals surface area contributed by atoms with Gasteiger partial charge < -0.3 is 14.9 Å². The normalized spacial score (nSPS) is 34.3. The molecule has 0 amide bonds. The molecule has 1 rings (SSSR count). The molecule has 0 spiro atoms. The molecule has 0 radical (unpaired) electrons. The van der Waals surface area contributed by atoms with Gasteiger partial charge in [0.1, 0.15) is 0 Å². The molecule has 1 unspecified atom stereocenters. The highest BCUT2D eigenvalue weighted by Crippen LogP contribution is 2.23. The lowest BCUT2D eigenvalue weighted by atomic mass is 10.1. The average molecular weight is 132 g/mol. The van der Waals surface area contributed by atoms with Gasteiger partial charge in [-0.3, -0.25) is 0 Å². The molecule has 0 aliphatic carbocycles. The van der Waals surface area contributed by atoms with Crippen molar-refractivity contribution in [1.29, 1.82) is 0 Å². The van der Waals surface area contributed by atoms with Gasteiger partial charge in [0.2, 0.25) is 0 Å². The van der Waals surface area contributed by atoms with E-state index in [0.29, 0.717) is 6.42 Å². The maximum absolute atomic E-state index is 8.88. The molecule has 2 N–H and O–H groups in total. The van der Waals surface area contributed by atoms with Crippen LogP contribution in [0.1, 0.15) is 26.2 Å². The van der Waals surface area contributed by atoms with Crippen molar-refractivity contribution in [1.82, 2.24) is 0 Å². The average Bonchev–Trinajstić information content (AvgIpc) is 1.60. The molecule has 1 heterocycles. The highest BCUT2D eigenvalue weighted by atomic mass is 16.8. The van der Waals surface area contributed by atoms with E-state index in [4.69, 9.17) is 14.9 Å². The van der Waals surface area contributed by atoms with Crippen molar-refractivity contribution in [2.45, 2.75) is 38.3 Å². The van der Waals surface area contributed by atoms with Crippen LogP contribution >= 0.6 is 0 Å². The molecule has 1 fully saturated rings. The zero-order chi connectivity index (χ0) is 6.91. The van der Waals surface area contributed by atoms with E-state index in [1.54, 1.807) is 0 Å². The number of ether oxygens (including phenoxy) is 1. The van der Waals surface area contributed by atoms with Gasteiger partial charge in [-0.1, -0.05) is 0 Å². The van der Waals surface area contributed by atoms with E-state index in [-0.39, 0.29) is 6.10 Å². The molecule has 0 saturated carbocycles. The first kappa shape index (κ1) is 6.99. The van der Waals surface area contributed by atoms with Gasteiger partial charge in [-0.2, -0.15) is 0 Å². The molecule has 0 bridgehead atoms. The van der Waals surface area contributed by atoms with Crippen LogP contribution < -0.4 is 0 Å². The smallest absolute Gasteiger partial charge is 0.278 e. The molecule has 54 valence electrons. The Balaban J connectivity index is 2.41. The third-order valence-corrected chi connectivity index (χ3v) is 1.50. The molecule has 3 nitrogen and oxygen atoms in total. The summed E-state index contributed by atoms with van der Waals surface area (Å²) in [5.74, 6) is -1.85. The third-order valence-electron chi connectivity index (χ3n) is 1.50. The molecule has 1 aliphatic rings. The largest absolute Gasteiger partial charge is 0.343 e. The summed E-state index contributed by atoms with van der Waals surface area (Å²) in [5.41, 5.74) is 0. The van der Waals surface area contributed by atoms with Crippen molar-refractivity contribution in [2.24, 2.45) is 0 Å². The summed E-state index contributed by atoms with van der Waals surface area (Å²) < 4.78 is 4.78. The van der Waals surface area contributed by atoms with Gasteiger partial charge in [0.25, 0.3) is 5.97 Å². The van der Waals surface area contributed by atoms with Gasteiger partial charge in [0.15, 0.2) is 0 Å². The van der Waals surface area contributed by atoms with Crippen LogP contribution in [0.25, 0.3) is 0 Å². The van der Waals surface area contributed by atoms with Gasteiger partial charge in [0.05, 0.1) is 6.10 Å². The summed E-state index contributed by atoms with van der Waals surface area (Å²) in [4.78, 5) is 0. The van der Waals surface area contributed by atoms with Gasteiger partial charge in [0, 0.05) is 6.42 Å². The van der Waals surface area contributed by atoms with E-state index < -0.39 is 5.97 Å². The van der Waals surface area contributed by atoms with Crippen LogP contribution in [0.2, 0.25) is 0 Å². The van der Waals surface area contributed by atoms with E-state index in [9.17, 15) is 0 Å². The lowest BCUT2D eigenvalue weighted by Gasteiger charge is -2.30. The molecular weight excluding hydrogens is 120 g/mol. The second-order valence-corrected chi connectivity index (χ2v) is 2.56. The first-order chi connectivity index (χ1) is 4.10. The quantitative estimate of drug-likeness (QED) is 0.463. The standard InChI is InChI=1S/C6H12O3/c1-5-3-2-4-6(7,8)9-5/h5,7-8H,2-4H2,1H3. The zero-order valence-electron chi connectivity index (χ0n) is 5.50. The molecule has 0 aromatic rings. The molecule has 1 aliphatic heterocycles. The summed E-state index contributed by atoms with van der Waals surface area (Å²) in [6.45, 7) is 1.83. The molecule has 1 saturated heterocycles. The summed E-state index contributed by atoms with van der Waals surface area (Å²) in [5, 5.41) is 17.8. The van der Waals surface area contributed by atoms with Crippen molar-refractivity contribution in [2.75, 3.05) is 0 Å².